The zero-order valence-electron chi connectivity index (χ0n) is 18.0. The third-order valence-corrected chi connectivity index (χ3v) is 5.94. The predicted octanol–water partition coefficient (Wildman–Crippen LogP) is 2.01. The number of pyridine rings is 1. The topological polar surface area (TPSA) is 100 Å². The Morgan fingerprint density at radius 3 is 2.76 bits per heavy atom. The number of aromatic nitrogens is 5. The van der Waals surface area contributed by atoms with Crippen molar-refractivity contribution in [2.75, 3.05) is 5.32 Å². The van der Waals surface area contributed by atoms with E-state index in [-0.39, 0.29) is 11.9 Å². The minimum absolute atomic E-state index is 0.0836. The van der Waals surface area contributed by atoms with Gasteiger partial charge in [0.1, 0.15) is 34.8 Å². The van der Waals surface area contributed by atoms with E-state index in [0.29, 0.717) is 46.6 Å². The highest BCUT2D eigenvalue weighted by atomic mass is 19.1. The molecule has 0 bridgehead atoms. The van der Waals surface area contributed by atoms with Crippen molar-refractivity contribution in [2.24, 2.45) is 0 Å². The summed E-state index contributed by atoms with van der Waals surface area (Å²) in [4.78, 5) is 16.2. The number of aliphatic hydroxyl groups is 1. The largest absolute Gasteiger partial charge is 0.500 e. The molecule has 162 valence electrons. The van der Waals surface area contributed by atoms with Gasteiger partial charge in [0.05, 0.1) is 17.2 Å². The van der Waals surface area contributed by atoms with E-state index in [1.807, 2.05) is 6.92 Å². The van der Waals surface area contributed by atoms with Gasteiger partial charge in [-0.1, -0.05) is 0 Å². The summed E-state index contributed by atoms with van der Waals surface area (Å²) in [5.74, 6) is -0.0830. The number of anilines is 1. The lowest BCUT2D eigenvalue weighted by Crippen LogP contribution is -2.38. The van der Waals surface area contributed by atoms with E-state index in [2.05, 4.69) is 25.3 Å². The Balaban J connectivity index is 1.55. The number of aromatic amines is 1. The van der Waals surface area contributed by atoms with Crippen molar-refractivity contribution in [3.05, 3.63) is 36.7 Å². The second-order valence-corrected chi connectivity index (χ2v) is 8.88. The molecule has 4 heterocycles. The van der Waals surface area contributed by atoms with Crippen LogP contribution in [0.5, 0.6) is 5.88 Å². The zero-order valence-corrected chi connectivity index (χ0v) is 18.0. The van der Waals surface area contributed by atoms with E-state index in [1.54, 1.807) is 24.5 Å². The van der Waals surface area contributed by atoms with Gasteiger partial charge in [-0.05, 0) is 50.0 Å². The van der Waals surface area contributed by atoms with Gasteiger partial charge in [-0.25, -0.2) is 4.98 Å². The molecule has 0 amide bonds. The maximum absolute atomic E-state index is 14.1. The summed E-state index contributed by atoms with van der Waals surface area (Å²) in [5, 5.41) is 12.0. The molecular formula is C21H20B3FN6O2. The van der Waals surface area contributed by atoms with Crippen LogP contribution in [0.1, 0.15) is 32.6 Å². The molecule has 8 nitrogen and oxygen atoms in total. The molecule has 33 heavy (non-hydrogen) atoms. The van der Waals surface area contributed by atoms with Gasteiger partial charge >= 0.3 is 0 Å². The van der Waals surface area contributed by atoms with Gasteiger partial charge in [-0.2, -0.15) is 14.4 Å². The average Bonchev–Trinajstić information content (AvgIpc) is 3.32. The quantitative estimate of drug-likeness (QED) is 0.411. The monoisotopic (exact) mass is 440 g/mol. The number of hydrogen-bond acceptors (Lipinski definition) is 6. The van der Waals surface area contributed by atoms with Crippen molar-refractivity contribution >= 4 is 46.2 Å². The van der Waals surface area contributed by atoms with Crippen molar-refractivity contribution < 1.29 is 14.2 Å². The van der Waals surface area contributed by atoms with Crippen molar-refractivity contribution in [2.45, 2.75) is 49.5 Å². The summed E-state index contributed by atoms with van der Waals surface area (Å²) in [6.45, 7) is 1.84. The van der Waals surface area contributed by atoms with Crippen LogP contribution in [0, 0.1) is 5.95 Å². The molecular weight excluding hydrogens is 420 g/mol. The molecule has 1 fully saturated rings. The average molecular weight is 440 g/mol. The van der Waals surface area contributed by atoms with Gasteiger partial charge in [0.2, 0.25) is 17.8 Å². The highest BCUT2D eigenvalue weighted by molar-refractivity contribution is 6.58. The summed E-state index contributed by atoms with van der Waals surface area (Å²) in [7, 11) is 17.1. The fraction of sp³-hybridized carbons (Fsp3) is 0.381. The number of nitrogens with one attached hydrogen (secondary N) is 2. The van der Waals surface area contributed by atoms with E-state index >= 15 is 0 Å². The second-order valence-electron chi connectivity index (χ2n) is 8.88. The second kappa shape index (κ2) is 7.79. The number of rotatable bonds is 5. The first-order valence-corrected chi connectivity index (χ1v) is 10.6. The summed E-state index contributed by atoms with van der Waals surface area (Å²) in [6, 6.07) is 3.59. The van der Waals surface area contributed by atoms with Crippen LogP contribution in [0.2, 0.25) is 0 Å². The Bertz CT molecular complexity index is 1320. The molecule has 6 radical (unpaired) electrons. The van der Waals surface area contributed by atoms with E-state index in [1.165, 1.54) is 4.40 Å². The minimum Gasteiger partial charge on any atom is -0.500 e. The number of ether oxygens (including phenoxy) is 1. The number of imidazole rings is 1. The standard InChI is InChI=1S/C21H20B3FN6O2/c1-20(32)6-4-12(5-7-20)28-19-29-17-16(18(30-19)33-21(22,23)24)13(8-27-17)11-2-3-15-26-9-14(25)31(15)10-11/h2-3,8-10,12,32H,4-7H2,1H3,(H2,27,28,29,30). The lowest BCUT2D eigenvalue weighted by molar-refractivity contribution is 0.0195. The van der Waals surface area contributed by atoms with Gasteiger partial charge in [0.25, 0.3) is 0 Å². The fourth-order valence-corrected chi connectivity index (χ4v) is 4.21. The zero-order chi connectivity index (χ0) is 23.4. The van der Waals surface area contributed by atoms with E-state index < -0.39 is 16.8 Å². The summed E-state index contributed by atoms with van der Waals surface area (Å²) < 4.78 is 21.0. The number of fused-ring (bicyclic) bond motifs is 2. The molecule has 1 aliphatic carbocycles. The van der Waals surface area contributed by atoms with Crippen LogP contribution in [0.3, 0.4) is 0 Å². The van der Waals surface area contributed by atoms with Crippen molar-refractivity contribution in [1.29, 1.82) is 0 Å². The van der Waals surface area contributed by atoms with E-state index in [0.717, 1.165) is 19.0 Å². The number of H-pyrrole nitrogens is 1. The van der Waals surface area contributed by atoms with Crippen LogP contribution in [0.15, 0.2) is 30.7 Å². The van der Waals surface area contributed by atoms with Crippen molar-refractivity contribution in [3.8, 4) is 17.0 Å². The minimum atomic E-state index is -1.98. The van der Waals surface area contributed by atoms with Crippen LogP contribution >= 0.6 is 0 Å². The van der Waals surface area contributed by atoms with Gasteiger partial charge in [-0.15, -0.1) is 0 Å². The third-order valence-electron chi connectivity index (χ3n) is 5.94. The maximum atomic E-state index is 14.1. The summed E-state index contributed by atoms with van der Waals surface area (Å²) in [6.07, 6.45) is 7.37. The molecule has 12 heteroatoms. The van der Waals surface area contributed by atoms with Crippen molar-refractivity contribution in [1.82, 2.24) is 24.3 Å². The van der Waals surface area contributed by atoms with E-state index in [9.17, 15) is 9.50 Å². The Morgan fingerprint density at radius 2 is 2.03 bits per heavy atom. The molecule has 4 aromatic heterocycles. The molecule has 0 atom stereocenters. The molecule has 0 spiro atoms. The molecule has 0 saturated heterocycles. The van der Waals surface area contributed by atoms with Gasteiger partial charge in [0.15, 0.2) is 0 Å². The van der Waals surface area contributed by atoms with Crippen LogP contribution in [-0.2, 0) is 0 Å². The molecule has 1 saturated carbocycles. The Kier molecular flexibility index (Phi) is 5.15. The highest BCUT2D eigenvalue weighted by Gasteiger charge is 2.29. The van der Waals surface area contributed by atoms with Gasteiger partial charge in [-0.3, -0.25) is 4.40 Å². The Labute approximate surface area is 193 Å². The number of hydrogen-bond donors (Lipinski definition) is 3. The van der Waals surface area contributed by atoms with E-state index in [4.69, 9.17) is 28.3 Å². The first-order valence-electron chi connectivity index (χ1n) is 10.6. The lowest BCUT2D eigenvalue weighted by Gasteiger charge is -2.33. The lowest BCUT2D eigenvalue weighted by atomic mass is 9.52. The SMILES string of the molecule is [B]C([B])([B])Oc1nc(NC2CCC(C)(O)CC2)nc2[nH]cc(-c3ccc4ncc(F)n4c3)c12. The maximum Gasteiger partial charge on any atom is 0.228 e. The number of halogens is 1. The molecule has 1 aliphatic rings. The normalized spacial score (nSPS) is 21.5. The smallest absolute Gasteiger partial charge is 0.228 e. The third kappa shape index (κ3) is 4.44. The molecule has 0 aromatic carbocycles. The highest BCUT2D eigenvalue weighted by Crippen LogP contribution is 2.36. The Morgan fingerprint density at radius 1 is 1.27 bits per heavy atom. The Hall–Kier alpha value is -3.01. The first kappa shape index (κ1) is 21.8. The first-order chi connectivity index (χ1) is 15.6. The fourth-order valence-electron chi connectivity index (χ4n) is 4.21. The molecule has 4 aromatic rings. The van der Waals surface area contributed by atoms with Gasteiger partial charge < -0.3 is 20.1 Å². The van der Waals surface area contributed by atoms with Crippen LogP contribution < -0.4 is 10.1 Å². The summed E-state index contributed by atoms with van der Waals surface area (Å²) >= 11 is 0. The molecule has 3 N–H and O–H groups in total. The van der Waals surface area contributed by atoms with Gasteiger partial charge in [0, 0.05) is 29.6 Å². The van der Waals surface area contributed by atoms with Crippen LogP contribution in [0.4, 0.5) is 10.3 Å². The van der Waals surface area contributed by atoms with Crippen molar-refractivity contribution in [3.63, 3.8) is 0 Å². The van der Waals surface area contributed by atoms with Crippen LogP contribution in [-0.4, -0.2) is 69.9 Å². The predicted molar refractivity (Wildman–Crippen MR) is 125 cm³/mol. The number of nitrogens with zero attached hydrogens (tertiary/aromatic N) is 4. The van der Waals surface area contributed by atoms with Crippen LogP contribution in [0.25, 0.3) is 27.8 Å². The molecule has 0 aliphatic heterocycles. The molecule has 0 unspecified atom stereocenters. The molecule has 5 rings (SSSR count). The summed E-state index contributed by atoms with van der Waals surface area (Å²) in [5.41, 5.74) is 1.62.